The Morgan fingerprint density at radius 1 is 0.333 bits per heavy atom. The van der Waals surface area contributed by atoms with Crippen molar-refractivity contribution in [1.82, 2.24) is 29.9 Å². The number of nitrogens with zero attached hydrogens (tertiary/aromatic N) is 7. The zero-order valence-electron chi connectivity index (χ0n) is 30.3. The van der Waals surface area contributed by atoms with Crippen LogP contribution in [0.3, 0.4) is 0 Å². The summed E-state index contributed by atoms with van der Waals surface area (Å²) in [5.74, 6) is 3.40. The molecule has 0 atom stereocenters. The van der Waals surface area contributed by atoms with Crippen LogP contribution in [-0.2, 0) is 0 Å². The molecule has 0 unspecified atom stereocenters. The summed E-state index contributed by atoms with van der Waals surface area (Å²) in [4.78, 5) is 29.5. The molecule has 7 aromatic carbocycles. The first kappa shape index (κ1) is 33.4. The van der Waals surface area contributed by atoms with E-state index in [9.17, 15) is 5.26 Å². The van der Waals surface area contributed by atoms with Gasteiger partial charge in [-0.15, -0.1) is 0 Å². The number of hydrogen-bond donors (Lipinski definition) is 0. The van der Waals surface area contributed by atoms with Gasteiger partial charge in [-0.3, -0.25) is 0 Å². The predicted octanol–water partition coefficient (Wildman–Crippen LogP) is 11.5. The summed E-state index contributed by atoms with van der Waals surface area (Å²) >= 11 is 0. The van der Waals surface area contributed by atoms with Gasteiger partial charge in [0.05, 0.1) is 11.6 Å². The monoisotopic (exact) mass is 731 g/mol. The minimum atomic E-state index is 0.521. The van der Waals surface area contributed by atoms with Crippen molar-refractivity contribution in [3.8, 4) is 85.5 Å². The second kappa shape index (κ2) is 14.3. The van der Waals surface area contributed by atoms with Crippen molar-refractivity contribution in [1.29, 1.82) is 5.26 Å². The predicted molar refractivity (Wildman–Crippen MR) is 223 cm³/mol. The molecular weight excluding hydrogens is 703 g/mol. The zero-order valence-corrected chi connectivity index (χ0v) is 30.3. The molecule has 0 saturated carbocycles. The highest BCUT2D eigenvalue weighted by molar-refractivity contribution is 6.07. The number of benzene rings is 7. The summed E-state index contributed by atoms with van der Waals surface area (Å²) in [6.45, 7) is 0. The molecule has 0 amide bonds. The van der Waals surface area contributed by atoms with Crippen LogP contribution >= 0.6 is 0 Å². The topological polar surface area (TPSA) is 114 Å². The molecule has 266 valence electrons. The Morgan fingerprint density at radius 3 is 1.26 bits per heavy atom. The number of furan rings is 1. The highest BCUT2D eigenvalue weighted by atomic mass is 16.3. The Bertz CT molecular complexity index is 3060. The van der Waals surface area contributed by atoms with Gasteiger partial charge in [0.15, 0.2) is 34.9 Å². The van der Waals surface area contributed by atoms with Crippen molar-refractivity contribution < 1.29 is 4.42 Å². The van der Waals surface area contributed by atoms with Crippen molar-refractivity contribution in [3.05, 3.63) is 181 Å². The number of fused-ring (bicyclic) bond motifs is 3. The Morgan fingerprint density at radius 2 is 0.737 bits per heavy atom. The molecule has 0 bridgehead atoms. The molecule has 0 fully saturated rings. The Balaban J connectivity index is 1.05. The maximum absolute atomic E-state index is 9.66. The van der Waals surface area contributed by atoms with Crippen LogP contribution in [-0.4, -0.2) is 29.9 Å². The van der Waals surface area contributed by atoms with Crippen LogP contribution in [0.1, 0.15) is 5.56 Å². The fraction of sp³-hybridized carbons (Fsp3) is 0. The van der Waals surface area contributed by atoms with Gasteiger partial charge >= 0.3 is 0 Å². The normalized spacial score (nSPS) is 11.1. The summed E-state index contributed by atoms with van der Waals surface area (Å²) in [6, 6.07) is 59.7. The van der Waals surface area contributed by atoms with E-state index in [0.717, 1.165) is 60.9 Å². The van der Waals surface area contributed by atoms with Gasteiger partial charge in [-0.1, -0.05) is 140 Å². The van der Waals surface area contributed by atoms with Crippen LogP contribution in [0.15, 0.2) is 180 Å². The molecule has 0 aliphatic heterocycles. The third-order valence-corrected chi connectivity index (χ3v) is 9.86. The maximum atomic E-state index is 9.66. The lowest BCUT2D eigenvalue weighted by atomic mass is 9.99. The van der Waals surface area contributed by atoms with Gasteiger partial charge in [-0.05, 0) is 47.5 Å². The Kier molecular flexibility index (Phi) is 8.36. The molecule has 57 heavy (non-hydrogen) atoms. The van der Waals surface area contributed by atoms with E-state index in [1.807, 2.05) is 170 Å². The van der Waals surface area contributed by atoms with Crippen molar-refractivity contribution in [2.24, 2.45) is 0 Å². The summed E-state index contributed by atoms with van der Waals surface area (Å²) in [5, 5.41) is 11.5. The van der Waals surface area contributed by atoms with E-state index < -0.39 is 0 Å². The highest BCUT2D eigenvalue weighted by Gasteiger charge is 2.17. The van der Waals surface area contributed by atoms with Gasteiger partial charge in [0.25, 0.3) is 0 Å². The molecule has 10 aromatic rings. The third-order valence-electron chi connectivity index (χ3n) is 9.86. The van der Waals surface area contributed by atoms with E-state index in [2.05, 4.69) is 12.1 Å². The van der Waals surface area contributed by atoms with E-state index in [0.29, 0.717) is 46.1 Å². The van der Waals surface area contributed by atoms with E-state index in [4.69, 9.17) is 34.3 Å². The average molecular weight is 732 g/mol. The van der Waals surface area contributed by atoms with Gasteiger partial charge in [0, 0.05) is 44.2 Å². The molecule has 0 aliphatic rings. The lowest BCUT2D eigenvalue weighted by Crippen LogP contribution is -2.00. The van der Waals surface area contributed by atoms with Crippen molar-refractivity contribution in [2.75, 3.05) is 0 Å². The molecule has 0 radical (unpaired) electrons. The van der Waals surface area contributed by atoms with E-state index in [1.165, 1.54) is 0 Å². The van der Waals surface area contributed by atoms with Crippen LogP contribution in [0.4, 0.5) is 0 Å². The second-order valence-corrected chi connectivity index (χ2v) is 13.5. The first-order valence-corrected chi connectivity index (χ1v) is 18.4. The Labute approximate surface area is 327 Å². The smallest absolute Gasteiger partial charge is 0.164 e. The standard InChI is InChI=1S/C49H29N7O/c50-30-38-18-10-11-19-39(38)31-20-22-35(23-21-31)47-52-46(34-16-8-3-9-17-34)55-49(56-47)37-24-26-40-41-28-36(25-27-42(41)57-43(40)29-37)48-53-44(32-12-4-1-5-13-32)51-45(54-48)33-14-6-2-7-15-33/h1-29H. The molecule has 3 heterocycles. The third kappa shape index (κ3) is 6.45. The van der Waals surface area contributed by atoms with Crippen LogP contribution < -0.4 is 0 Å². The fourth-order valence-corrected chi connectivity index (χ4v) is 6.97. The number of rotatable bonds is 7. The molecule has 0 aliphatic carbocycles. The lowest BCUT2D eigenvalue weighted by molar-refractivity contribution is 0.669. The van der Waals surface area contributed by atoms with Crippen LogP contribution in [0, 0.1) is 11.3 Å². The van der Waals surface area contributed by atoms with Crippen molar-refractivity contribution in [3.63, 3.8) is 0 Å². The minimum Gasteiger partial charge on any atom is -0.456 e. The quantitative estimate of drug-likeness (QED) is 0.159. The van der Waals surface area contributed by atoms with E-state index in [-0.39, 0.29) is 0 Å². The average Bonchev–Trinajstić information content (AvgIpc) is 3.67. The largest absolute Gasteiger partial charge is 0.456 e. The van der Waals surface area contributed by atoms with Gasteiger partial charge in [0.1, 0.15) is 11.2 Å². The molecule has 0 N–H and O–H groups in total. The van der Waals surface area contributed by atoms with Crippen molar-refractivity contribution in [2.45, 2.75) is 0 Å². The van der Waals surface area contributed by atoms with Gasteiger partial charge < -0.3 is 4.42 Å². The molecule has 0 spiro atoms. The summed E-state index contributed by atoms with van der Waals surface area (Å²) in [5.41, 5.74) is 9.06. The number of nitriles is 1. The SMILES string of the molecule is N#Cc1ccccc1-c1ccc(-c2nc(-c3ccccc3)nc(-c3ccc4c(c3)oc3ccc(-c5nc(-c6ccccc6)nc(-c6ccccc6)n5)cc34)n2)cc1. The first-order chi connectivity index (χ1) is 28.2. The molecular formula is C49H29N7O. The molecule has 8 heteroatoms. The van der Waals surface area contributed by atoms with Gasteiger partial charge in [-0.25, -0.2) is 29.9 Å². The summed E-state index contributed by atoms with van der Waals surface area (Å²) < 4.78 is 6.45. The van der Waals surface area contributed by atoms with Crippen LogP contribution in [0.25, 0.3) is 101 Å². The minimum absolute atomic E-state index is 0.521. The van der Waals surface area contributed by atoms with Gasteiger partial charge in [-0.2, -0.15) is 5.26 Å². The zero-order chi connectivity index (χ0) is 38.1. The van der Waals surface area contributed by atoms with E-state index in [1.54, 1.807) is 0 Å². The number of aromatic nitrogens is 6. The molecule has 0 saturated heterocycles. The van der Waals surface area contributed by atoms with Gasteiger partial charge in [0.2, 0.25) is 0 Å². The van der Waals surface area contributed by atoms with Crippen LogP contribution in [0.2, 0.25) is 0 Å². The second-order valence-electron chi connectivity index (χ2n) is 13.5. The molecule has 10 rings (SSSR count). The highest BCUT2D eigenvalue weighted by Crippen LogP contribution is 2.35. The van der Waals surface area contributed by atoms with E-state index >= 15 is 0 Å². The lowest BCUT2D eigenvalue weighted by Gasteiger charge is -2.09. The fourth-order valence-electron chi connectivity index (χ4n) is 6.97. The number of hydrogen-bond acceptors (Lipinski definition) is 8. The van der Waals surface area contributed by atoms with Crippen LogP contribution in [0.5, 0.6) is 0 Å². The van der Waals surface area contributed by atoms with Crippen molar-refractivity contribution >= 4 is 21.9 Å². The first-order valence-electron chi connectivity index (χ1n) is 18.4. The summed E-state index contributed by atoms with van der Waals surface area (Å²) in [6.07, 6.45) is 0. The molecule has 8 nitrogen and oxygen atoms in total. The summed E-state index contributed by atoms with van der Waals surface area (Å²) in [7, 11) is 0. The Hall–Kier alpha value is -8.15. The molecule has 3 aromatic heterocycles. The maximum Gasteiger partial charge on any atom is 0.164 e.